The molecule has 8 heteroatoms. The Morgan fingerprint density at radius 3 is 2.32 bits per heavy atom. The molecule has 2 amide bonds. The number of methoxy groups -OCH3 is 1. The molecule has 2 saturated heterocycles. The number of anilines is 1. The molecule has 4 heterocycles. The smallest absolute Gasteiger partial charge is 0.341 e. The molecule has 7 nitrogen and oxygen atoms in total. The van der Waals surface area contributed by atoms with Gasteiger partial charge in [-0.05, 0) is 36.6 Å². The topological polar surface area (TPSA) is 84.0 Å². The van der Waals surface area contributed by atoms with Crippen LogP contribution in [0.4, 0.5) is 5.00 Å². The summed E-state index contributed by atoms with van der Waals surface area (Å²) >= 11 is 1.22. The number of carbonyl (C=O) groups excluding carboxylic acids is 4. The second-order valence-corrected chi connectivity index (χ2v) is 10.7. The third-order valence-electron chi connectivity index (χ3n) is 7.75. The van der Waals surface area contributed by atoms with Crippen molar-refractivity contribution in [3.8, 4) is 0 Å². The number of benzene rings is 2. The van der Waals surface area contributed by atoms with E-state index in [1.54, 1.807) is 31.2 Å². The quantitative estimate of drug-likeness (QED) is 0.290. The average Bonchev–Trinajstić information content (AvgIpc) is 3.51. The van der Waals surface area contributed by atoms with Crippen LogP contribution in [0.25, 0.3) is 6.08 Å². The van der Waals surface area contributed by atoms with Crippen LogP contribution in [0.5, 0.6) is 0 Å². The molecule has 0 radical (unpaired) electrons. The molecule has 6 rings (SSSR count). The monoisotopic (exact) mass is 512 g/mol. The largest absolute Gasteiger partial charge is 0.465 e. The fourth-order valence-electron chi connectivity index (χ4n) is 5.94. The van der Waals surface area contributed by atoms with E-state index in [2.05, 4.69) is 0 Å². The van der Waals surface area contributed by atoms with Crippen molar-refractivity contribution >= 4 is 46.0 Å². The molecule has 0 spiro atoms. The van der Waals surface area contributed by atoms with Crippen molar-refractivity contribution in [1.82, 2.24) is 4.90 Å². The molecule has 186 valence electrons. The van der Waals surface area contributed by atoms with Gasteiger partial charge in [-0.1, -0.05) is 54.6 Å². The van der Waals surface area contributed by atoms with Crippen molar-refractivity contribution in [2.24, 2.45) is 11.8 Å². The molecular formula is C29H24N2O5S. The van der Waals surface area contributed by atoms with Crippen LogP contribution in [0.15, 0.2) is 60.8 Å². The number of carbonyl (C=O) groups is 4. The van der Waals surface area contributed by atoms with E-state index in [1.807, 2.05) is 54.4 Å². The number of nitrogens with zero attached hydrogens (tertiary/aromatic N) is 2. The first-order chi connectivity index (χ1) is 17.8. The molecule has 4 unspecified atom stereocenters. The highest BCUT2D eigenvalue weighted by Gasteiger charge is 2.65. The summed E-state index contributed by atoms with van der Waals surface area (Å²) in [4.78, 5) is 58.7. The Morgan fingerprint density at radius 1 is 0.919 bits per heavy atom. The lowest BCUT2D eigenvalue weighted by atomic mass is 9.83. The summed E-state index contributed by atoms with van der Waals surface area (Å²) in [6.07, 6.45) is 3.76. The number of imide groups is 1. The van der Waals surface area contributed by atoms with Gasteiger partial charge in [-0.25, -0.2) is 9.69 Å². The highest BCUT2D eigenvalue weighted by atomic mass is 32.1. The Balaban J connectivity index is 1.52. The van der Waals surface area contributed by atoms with Crippen LogP contribution in [0.3, 0.4) is 0 Å². The summed E-state index contributed by atoms with van der Waals surface area (Å²) in [7, 11) is 1.28. The van der Waals surface area contributed by atoms with E-state index in [0.717, 1.165) is 20.9 Å². The van der Waals surface area contributed by atoms with Gasteiger partial charge in [0.05, 0.1) is 30.6 Å². The van der Waals surface area contributed by atoms with Crippen molar-refractivity contribution < 1.29 is 23.9 Å². The molecule has 0 aliphatic carbocycles. The zero-order valence-corrected chi connectivity index (χ0v) is 21.3. The maximum absolute atomic E-state index is 14.1. The number of thiophene rings is 1. The Kier molecular flexibility index (Phi) is 5.38. The molecular weight excluding hydrogens is 488 g/mol. The number of Topliss-reactive ketones (excluding diaryl/α,β-unsaturated/α-hetero) is 1. The number of ether oxygens (including phenoxy) is 1. The SMILES string of the molecule is COC(=O)c1c(N2C(=O)C3C(C2=O)C2c4ccccc4C=CN2C3C(=O)c2ccccc2)sc(C)c1C. The summed E-state index contributed by atoms with van der Waals surface area (Å²) in [5, 5.41) is 0.267. The molecule has 2 aromatic carbocycles. The van der Waals surface area contributed by atoms with E-state index in [9.17, 15) is 19.2 Å². The molecule has 0 bridgehead atoms. The van der Waals surface area contributed by atoms with Crippen LogP contribution in [0.2, 0.25) is 0 Å². The van der Waals surface area contributed by atoms with Gasteiger partial charge in [0.2, 0.25) is 11.8 Å². The first kappa shape index (κ1) is 23.4. The molecule has 3 aliphatic rings. The van der Waals surface area contributed by atoms with Crippen molar-refractivity contribution in [3.63, 3.8) is 0 Å². The number of esters is 1. The molecule has 37 heavy (non-hydrogen) atoms. The second kappa shape index (κ2) is 8.52. The molecule has 3 aromatic rings. The van der Waals surface area contributed by atoms with Crippen molar-refractivity contribution in [3.05, 3.63) is 93.5 Å². The Hall–Kier alpha value is -4.04. The van der Waals surface area contributed by atoms with E-state index in [0.29, 0.717) is 11.1 Å². The number of ketones is 1. The van der Waals surface area contributed by atoms with Crippen LogP contribution in [0.1, 0.15) is 48.3 Å². The average molecular weight is 513 g/mol. The number of fused-ring (bicyclic) bond motifs is 5. The third kappa shape index (κ3) is 3.25. The number of hydrogen-bond acceptors (Lipinski definition) is 7. The van der Waals surface area contributed by atoms with Crippen LogP contribution in [0, 0.1) is 25.7 Å². The van der Waals surface area contributed by atoms with Crippen LogP contribution >= 0.6 is 11.3 Å². The van der Waals surface area contributed by atoms with E-state index in [4.69, 9.17) is 4.74 Å². The molecule has 1 aromatic heterocycles. The van der Waals surface area contributed by atoms with E-state index >= 15 is 0 Å². The minimum atomic E-state index is -0.894. The van der Waals surface area contributed by atoms with Crippen molar-refractivity contribution in [1.29, 1.82) is 0 Å². The predicted octanol–water partition coefficient (Wildman–Crippen LogP) is 4.55. The summed E-state index contributed by atoms with van der Waals surface area (Å²) < 4.78 is 4.99. The number of amides is 2. The molecule has 4 atom stereocenters. The van der Waals surface area contributed by atoms with Gasteiger partial charge in [0.15, 0.2) is 5.78 Å². The minimum Gasteiger partial charge on any atom is -0.465 e. The fraction of sp³-hybridized carbons (Fsp3) is 0.241. The van der Waals surface area contributed by atoms with Gasteiger partial charge in [0.25, 0.3) is 0 Å². The fourth-order valence-corrected chi connectivity index (χ4v) is 7.09. The lowest BCUT2D eigenvalue weighted by Gasteiger charge is -2.35. The highest BCUT2D eigenvalue weighted by molar-refractivity contribution is 7.17. The van der Waals surface area contributed by atoms with Gasteiger partial charge in [0, 0.05) is 16.6 Å². The molecule has 2 fully saturated rings. The van der Waals surface area contributed by atoms with Crippen LogP contribution in [-0.2, 0) is 14.3 Å². The predicted molar refractivity (Wildman–Crippen MR) is 139 cm³/mol. The third-order valence-corrected chi connectivity index (χ3v) is 8.94. The zero-order valence-electron chi connectivity index (χ0n) is 20.5. The molecule has 0 N–H and O–H groups in total. The molecule has 3 aliphatic heterocycles. The van der Waals surface area contributed by atoms with Crippen LogP contribution in [-0.4, -0.2) is 41.6 Å². The summed E-state index contributed by atoms with van der Waals surface area (Å²) in [6.45, 7) is 3.62. The molecule has 0 saturated carbocycles. The minimum absolute atomic E-state index is 0.211. The second-order valence-electron chi connectivity index (χ2n) is 9.53. The summed E-state index contributed by atoms with van der Waals surface area (Å²) in [6, 6.07) is 15.3. The summed E-state index contributed by atoms with van der Waals surface area (Å²) in [5.41, 5.74) is 3.23. The highest BCUT2D eigenvalue weighted by Crippen LogP contribution is 2.54. The Morgan fingerprint density at radius 2 is 1.59 bits per heavy atom. The summed E-state index contributed by atoms with van der Waals surface area (Å²) in [5.74, 6) is -3.34. The number of aryl methyl sites for hydroxylation is 1. The van der Waals surface area contributed by atoms with Gasteiger partial charge in [-0.3, -0.25) is 14.4 Å². The lowest BCUT2D eigenvalue weighted by molar-refractivity contribution is -0.123. The van der Waals surface area contributed by atoms with Crippen molar-refractivity contribution in [2.45, 2.75) is 25.9 Å². The Bertz CT molecular complexity index is 1510. The first-order valence-corrected chi connectivity index (χ1v) is 12.9. The number of rotatable bonds is 4. The van der Waals surface area contributed by atoms with E-state index < -0.39 is 41.7 Å². The van der Waals surface area contributed by atoms with Gasteiger partial charge < -0.3 is 9.64 Å². The lowest BCUT2D eigenvalue weighted by Crippen LogP contribution is -2.44. The van der Waals surface area contributed by atoms with Gasteiger partial charge in [-0.15, -0.1) is 11.3 Å². The first-order valence-electron chi connectivity index (χ1n) is 12.0. The van der Waals surface area contributed by atoms with E-state index in [1.165, 1.54) is 18.4 Å². The standard InChI is InChI=1S/C29H24N2O5S/c1-15-16(2)37-28(20(15)29(35)36-3)31-26(33)21-22(27(31)34)24(25(32)18-10-5-4-6-11-18)30-14-13-17-9-7-8-12-19(17)23(21)30/h4-14,21-24H,1-3H3. The van der Waals surface area contributed by atoms with E-state index in [-0.39, 0.29) is 16.3 Å². The maximum Gasteiger partial charge on any atom is 0.341 e. The van der Waals surface area contributed by atoms with Gasteiger partial charge in [0.1, 0.15) is 11.0 Å². The van der Waals surface area contributed by atoms with Crippen LogP contribution < -0.4 is 4.90 Å². The maximum atomic E-state index is 14.1. The number of hydrogen-bond donors (Lipinski definition) is 0. The van der Waals surface area contributed by atoms with Gasteiger partial charge in [-0.2, -0.15) is 0 Å². The normalized spacial score (nSPS) is 23.6. The zero-order chi connectivity index (χ0) is 26.0. The Labute approximate surface area is 218 Å². The van der Waals surface area contributed by atoms with Gasteiger partial charge >= 0.3 is 5.97 Å². The van der Waals surface area contributed by atoms with Crippen molar-refractivity contribution in [2.75, 3.05) is 12.0 Å².